The molecule has 0 saturated heterocycles. The molecule has 1 amide bonds. The van der Waals surface area contributed by atoms with Gasteiger partial charge >= 0.3 is 0 Å². The summed E-state index contributed by atoms with van der Waals surface area (Å²) in [7, 11) is 1.59. The van der Waals surface area contributed by atoms with E-state index in [4.69, 9.17) is 9.73 Å². The number of carbonyl (C=O) groups excluding carboxylic acids is 1. The first kappa shape index (κ1) is 23.5. The van der Waals surface area contributed by atoms with Crippen molar-refractivity contribution in [1.82, 2.24) is 4.57 Å². The van der Waals surface area contributed by atoms with Crippen LogP contribution in [0.5, 0.6) is 5.75 Å². The highest BCUT2D eigenvalue weighted by atomic mass is 32.1. The Morgan fingerprint density at radius 2 is 1.78 bits per heavy atom. The number of aryl methyl sites for hydroxylation is 1. The topological polar surface area (TPSA) is 72.7 Å². The molecule has 1 aliphatic rings. The van der Waals surface area contributed by atoms with Gasteiger partial charge in [0.2, 0.25) is 0 Å². The second kappa shape index (κ2) is 9.79. The summed E-state index contributed by atoms with van der Waals surface area (Å²) in [4.78, 5) is 32.6. The largest absolute Gasteiger partial charge is 0.497 e. The number of nitrogens with one attached hydrogen (secondary N) is 1. The Kier molecular flexibility index (Phi) is 6.40. The first-order chi connectivity index (χ1) is 17.4. The van der Waals surface area contributed by atoms with Crippen LogP contribution in [0.2, 0.25) is 0 Å². The molecule has 0 unspecified atom stereocenters. The second-order valence-corrected chi connectivity index (χ2v) is 9.60. The Bertz CT molecular complexity index is 1650. The van der Waals surface area contributed by atoms with Crippen molar-refractivity contribution < 1.29 is 9.53 Å². The van der Waals surface area contributed by atoms with Crippen molar-refractivity contribution in [3.05, 3.63) is 127 Å². The Morgan fingerprint density at radius 3 is 2.50 bits per heavy atom. The lowest BCUT2D eigenvalue weighted by molar-refractivity contribution is -0.113. The summed E-state index contributed by atoms with van der Waals surface area (Å²) in [6.07, 6.45) is 1.87. The summed E-state index contributed by atoms with van der Waals surface area (Å²) >= 11 is 1.32. The predicted molar refractivity (Wildman–Crippen MR) is 143 cm³/mol. The molecule has 3 aromatic carbocycles. The zero-order valence-electron chi connectivity index (χ0n) is 20.2. The number of anilines is 1. The summed E-state index contributed by atoms with van der Waals surface area (Å²) in [5, 5.41) is 2.96. The number of hydrogen-bond donors (Lipinski definition) is 1. The van der Waals surface area contributed by atoms with Crippen LogP contribution in [0.3, 0.4) is 0 Å². The van der Waals surface area contributed by atoms with E-state index in [-0.39, 0.29) is 11.5 Å². The van der Waals surface area contributed by atoms with Crippen molar-refractivity contribution in [2.45, 2.75) is 19.9 Å². The van der Waals surface area contributed by atoms with E-state index in [0.717, 1.165) is 16.7 Å². The molecule has 6 nitrogen and oxygen atoms in total. The summed E-state index contributed by atoms with van der Waals surface area (Å²) in [5.74, 6) is 0.342. The number of amides is 1. The summed E-state index contributed by atoms with van der Waals surface area (Å²) < 4.78 is 7.62. The van der Waals surface area contributed by atoms with Crippen LogP contribution in [0, 0.1) is 6.92 Å². The third-order valence-corrected chi connectivity index (χ3v) is 7.07. The molecular weight excluding hydrogens is 470 g/mol. The lowest BCUT2D eigenvalue weighted by atomic mass is 9.95. The second-order valence-electron chi connectivity index (χ2n) is 8.59. The predicted octanol–water partition coefficient (Wildman–Crippen LogP) is 4.19. The lowest BCUT2D eigenvalue weighted by Crippen LogP contribution is -2.40. The number of carbonyl (C=O) groups is 1. The fourth-order valence-electron chi connectivity index (χ4n) is 4.27. The number of aromatic nitrogens is 1. The first-order valence-electron chi connectivity index (χ1n) is 11.5. The van der Waals surface area contributed by atoms with E-state index < -0.39 is 6.04 Å². The van der Waals surface area contributed by atoms with Gasteiger partial charge in [-0.3, -0.25) is 14.2 Å². The molecule has 180 valence electrons. The molecule has 1 atom stereocenters. The molecule has 36 heavy (non-hydrogen) atoms. The molecule has 0 radical (unpaired) electrons. The van der Waals surface area contributed by atoms with E-state index in [1.165, 1.54) is 11.3 Å². The summed E-state index contributed by atoms with van der Waals surface area (Å²) in [6, 6.07) is 24.0. The number of hydrogen-bond acceptors (Lipinski definition) is 5. The van der Waals surface area contributed by atoms with Gasteiger partial charge in [-0.15, -0.1) is 0 Å². The zero-order valence-corrected chi connectivity index (χ0v) is 21.0. The fourth-order valence-corrected chi connectivity index (χ4v) is 5.32. The molecule has 4 aromatic rings. The highest BCUT2D eigenvalue weighted by Gasteiger charge is 2.32. The van der Waals surface area contributed by atoms with E-state index in [1.807, 2.05) is 98.8 Å². The Labute approximate surface area is 212 Å². The molecule has 1 aromatic heterocycles. The molecule has 0 fully saturated rings. The SMILES string of the molecule is COc1cccc([C@@H]2C(C(=O)Nc3ccccc3)=C(C)N=c3s/c(=C\c4ccc(C)cc4)c(=O)n32)c1. The standard InChI is InChI=1S/C29H25N3O3S/c1-18-12-14-20(15-13-18)16-24-28(34)32-26(21-8-7-11-23(17-21)35-3)25(19(2)30-29(32)36-24)27(33)31-22-9-5-4-6-10-22/h4-17,26H,1-3H3,(H,31,33)/b24-16-/t26-/m1/s1. The van der Waals surface area contributed by atoms with E-state index in [2.05, 4.69) is 5.32 Å². The van der Waals surface area contributed by atoms with Gasteiger partial charge in [0, 0.05) is 5.69 Å². The van der Waals surface area contributed by atoms with Crippen LogP contribution in [0.25, 0.3) is 6.08 Å². The van der Waals surface area contributed by atoms with E-state index in [1.54, 1.807) is 11.7 Å². The monoisotopic (exact) mass is 495 g/mol. The molecule has 1 aliphatic heterocycles. The van der Waals surface area contributed by atoms with Crippen molar-refractivity contribution >= 4 is 29.0 Å². The van der Waals surface area contributed by atoms with Crippen LogP contribution in [-0.4, -0.2) is 17.6 Å². The van der Waals surface area contributed by atoms with Crippen LogP contribution in [0.1, 0.15) is 29.7 Å². The maximum atomic E-state index is 13.8. The first-order valence-corrected chi connectivity index (χ1v) is 12.4. The minimum Gasteiger partial charge on any atom is -0.497 e. The van der Waals surface area contributed by atoms with Gasteiger partial charge in [-0.1, -0.05) is 71.5 Å². The Balaban J connectivity index is 1.68. The summed E-state index contributed by atoms with van der Waals surface area (Å²) in [5.41, 5.74) is 4.32. The number of nitrogens with zero attached hydrogens (tertiary/aromatic N) is 2. The molecule has 0 saturated carbocycles. The molecular formula is C29H25N3O3S. The van der Waals surface area contributed by atoms with E-state index in [9.17, 15) is 9.59 Å². The van der Waals surface area contributed by atoms with Gasteiger partial charge in [0.05, 0.1) is 29.0 Å². The lowest BCUT2D eigenvalue weighted by Gasteiger charge is -2.25. The van der Waals surface area contributed by atoms with Gasteiger partial charge in [-0.25, -0.2) is 4.99 Å². The van der Waals surface area contributed by atoms with Crippen LogP contribution in [0.4, 0.5) is 5.69 Å². The quantitative estimate of drug-likeness (QED) is 0.451. The summed E-state index contributed by atoms with van der Waals surface area (Å²) in [6.45, 7) is 3.83. The average Bonchev–Trinajstić information content (AvgIpc) is 3.19. The van der Waals surface area contributed by atoms with Crippen LogP contribution >= 0.6 is 11.3 Å². The van der Waals surface area contributed by atoms with Crippen molar-refractivity contribution in [3.63, 3.8) is 0 Å². The number of rotatable bonds is 5. The van der Waals surface area contributed by atoms with Gasteiger partial charge in [0.25, 0.3) is 11.5 Å². The number of allylic oxidation sites excluding steroid dienone is 1. The van der Waals surface area contributed by atoms with Gasteiger partial charge in [-0.05, 0) is 55.3 Å². The highest BCUT2D eigenvalue weighted by Crippen LogP contribution is 2.32. The van der Waals surface area contributed by atoms with Crippen LogP contribution < -0.4 is 24.9 Å². The van der Waals surface area contributed by atoms with Gasteiger partial charge < -0.3 is 10.1 Å². The highest BCUT2D eigenvalue weighted by molar-refractivity contribution is 7.07. The minimum atomic E-state index is -0.653. The number of ether oxygens (including phenoxy) is 1. The van der Waals surface area contributed by atoms with Crippen molar-refractivity contribution in [1.29, 1.82) is 0 Å². The van der Waals surface area contributed by atoms with Gasteiger partial charge in [-0.2, -0.15) is 0 Å². The maximum Gasteiger partial charge on any atom is 0.271 e. The smallest absolute Gasteiger partial charge is 0.271 e. The maximum absolute atomic E-state index is 13.8. The molecule has 5 rings (SSSR count). The van der Waals surface area contributed by atoms with Crippen LogP contribution in [0.15, 0.2) is 99.9 Å². The van der Waals surface area contributed by atoms with Gasteiger partial charge in [0.15, 0.2) is 4.80 Å². The minimum absolute atomic E-state index is 0.190. The van der Waals surface area contributed by atoms with Crippen molar-refractivity contribution in [2.75, 3.05) is 12.4 Å². The molecule has 0 bridgehead atoms. The normalized spacial score (nSPS) is 15.3. The van der Waals surface area contributed by atoms with Crippen molar-refractivity contribution in [3.8, 4) is 5.75 Å². The third kappa shape index (κ3) is 4.53. The fraction of sp³-hybridized carbons (Fsp3) is 0.138. The number of thiazole rings is 1. The van der Waals surface area contributed by atoms with Crippen LogP contribution in [-0.2, 0) is 4.79 Å². The van der Waals surface area contributed by atoms with Gasteiger partial charge in [0.1, 0.15) is 5.75 Å². The number of fused-ring (bicyclic) bond motifs is 1. The Hall–Kier alpha value is -4.23. The van der Waals surface area contributed by atoms with Crippen molar-refractivity contribution in [2.24, 2.45) is 4.99 Å². The molecule has 0 spiro atoms. The number of para-hydroxylation sites is 1. The Morgan fingerprint density at radius 1 is 1.03 bits per heavy atom. The van der Waals surface area contributed by atoms with E-state index in [0.29, 0.717) is 32.0 Å². The van der Waals surface area contributed by atoms with E-state index >= 15 is 0 Å². The molecule has 2 heterocycles. The molecule has 1 N–H and O–H groups in total. The third-order valence-electron chi connectivity index (χ3n) is 6.08. The number of methoxy groups -OCH3 is 1. The molecule has 7 heteroatoms. The average molecular weight is 496 g/mol. The number of benzene rings is 3. The zero-order chi connectivity index (χ0) is 25.2. The molecule has 0 aliphatic carbocycles.